The van der Waals surface area contributed by atoms with Gasteiger partial charge in [0.05, 0.1) is 6.26 Å². The van der Waals surface area contributed by atoms with E-state index in [1.165, 1.54) is 6.26 Å². The SMILES string of the molecule is CN(C)c1cc(CNC(=O)c2ccco2)ccn1. The van der Waals surface area contributed by atoms with Crippen molar-refractivity contribution in [2.75, 3.05) is 19.0 Å². The first-order valence-electron chi connectivity index (χ1n) is 5.61. The molecule has 0 aromatic carbocycles. The summed E-state index contributed by atoms with van der Waals surface area (Å²) in [6.45, 7) is 0.447. The van der Waals surface area contributed by atoms with E-state index >= 15 is 0 Å². The molecule has 2 aromatic rings. The summed E-state index contributed by atoms with van der Waals surface area (Å²) in [6.07, 6.45) is 3.20. The van der Waals surface area contributed by atoms with E-state index in [0.29, 0.717) is 12.3 Å². The number of furan rings is 1. The molecular formula is C13H15N3O2. The fraction of sp³-hybridized carbons (Fsp3) is 0.231. The van der Waals surface area contributed by atoms with Gasteiger partial charge in [0.1, 0.15) is 5.82 Å². The Bertz CT molecular complexity index is 521. The molecule has 0 atom stereocenters. The Labute approximate surface area is 105 Å². The number of hydrogen-bond acceptors (Lipinski definition) is 4. The topological polar surface area (TPSA) is 58.4 Å². The maximum atomic E-state index is 11.7. The van der Waals surface area contributed by atoms with Crippen LogP contribution in [0.3, 0.4) is 0 Å². The zero-order chi connectivity index (χ0) is 13.0. The maximum absolute atomic E-state index is 11.7. The minimum atomic E-state index is -0.219. The van der Waals surface area contributed by atoms with Crippen molar-refractivity contribution in [3.63, 3.8) is 0 Å². The third-order valence-corrected chi connectivity index (χ3v) is 2.47. The second-order valence-corrected chi connectivity index (χ2v) is 4.08. The zero-order valence-corrected chi connectivity index (χ0v) is 10.4. The number of rotatable bonds is 4. The van der Waals surface area contributed by atoms with Crippen LogP contribution in [0.5, 0.6) is 0 Å². The molecule has 0 aliphatic carbocycles. The number of amides is 1. The molecule has 2 heterocycles. The average Bonchev–Trinajstić information content (AvgIpc) is 2.90. The van der Waals surface area contributed by atoms with Gasteiger partial charge in [-0.1, -0.05) is 0 Å². The van der Waals surface area contributed by atoms with Crippen LogP contribution in [0.1, 0.15) is 16.1 Å². The van der Waals surface area contributed by atoms with E-state index in [2.05, 4.69) is 10.3 Å². The predicted octanol–water partition coefficient (Wildman–Crippen LogP) is 1.67. The summed E-state index contributed by atoms with van der Waals surface area (Å²) in [7, 11) is 3.85. The van der Waals surface area contributed by atoms with Gasteiger partial charge in [-0.2, -0.15) is 0 Å². The zero-order valence-electron chi connectivity index (χ0n) is 10.4. The molecule has 5 heteroatoms. The van der Waals surface area contributed by atoms with Crippen molar-refractivity contribution in [3.05, 3.63) is 48.0 Å². The van der Waals surface area contributed by atoms with Gasteiger partial charge in [-0.3, -0.25) is 4.79 Å². The van der Waals surface area contributed by atoms with Crippen LogP contribution in [0.2, 0.25) is 0 Å². The van der Waals surface area contributed by atoms with Gasteiger partial charge in [0.15, 0.2) is 5.76 Å². The van der Waals surface area contributed by atoms with Gasteiger partial charge in [-0.25, -0.2) is 4.98 Å². The monoisotopic (exact) mass is 245 g/mol. The number of aromatic nitrogens is 1. The smallest absolute Gasteiger partial charge is 0.287 e. The molecule has 1 N–H and O–H groups in total. The van der Waals surface area contributed by atoms with E-state index < -0.39 is 0 Å². The van der Waals surface area contributed by atoms with E-state index in [1.807, 2.05) is 31.1 Å². The lowest BCUT2D eigenvalue weighted by molar-refractivity contribution is 0.0923. The van der Waals surface area contributed by atoms with Gasteiger partial charge >= 0.3 is 0 Å². The van der Waals surface area contributed by atoms with Gasteiger partial charge < -0.3 is 14.6 Å². The van der Waals surface area contributed by atoms with Gasteiger partial charge in [-0.15, -0.1) is 0 Å². The number of nitrogens with one attached hydrogen (secondary N) is 1. The summed E-state index contributed by atoms with van der Waals surface area (Å²) in [5.74, 6) is 0.958. The summed E-state index contributed by atoms with van der Waals surface area (Å²) in [4.78, 5) is 17.8. The Balaban J connectivity index is 1.98. The third kappa shape index (κ3) is 2.88. The second kappa shape index (κ2) is 5.35. The highest BCUT2D eigenvalue weighted by Gasteiger charge is 2.07. The number of pyridine rings is 1. The van der Waals surface area contributed by atoms with E-state index in [-0.39, 0.29) is 5.91 Å². The first-order chi connectivity index (χ1) is 8.66. The Hall–Kier alpha value is -2.30. The largest absolute Gasteiger partial charge is 0.459 e. The number of carbonyl (C=O) groups excluding carboxylic acids is 1. The fourth-order valence-corrected chi connectivity index (χ4v) is 1.49. The van der Waals surface area contributed by atoms with Crippen molar-refractivity contribution in [3.8, 4) is 0 Å². The number of anilines is 1. The van der Waals surface area contributed by atoms with Crippen molar-refractivity contribution >= 4 is 11.7 Å². The van der Waals surface area contributed by atoms with Gasteiger partial charge in [0.25, 0.3) is 5.91 Å². The number of nitrogens with zero attached hydrogens (tertiary/aromatic N) is 2. The average molecular weight is 245 g/mol. The van der Waals surface area contributed by atoms with E-state index in [9.17, 15) is 4.79 Å². The van der Waals surface area contributed by atoms with Crippen LogP contribution in [0.4, 0.5) is 5.82 Å². The Morgan fingerprint density at radius 2 is 2.28 bits per heavy atom. The second-order valence-electron chi connectivity index (χ2n) is 4.08. The molecule has 0 fully saturated rings. The molecular weight excluding hydrogens is 230 g/mol. The van der Waals surface area contributed by atoms with Crippen molar-refractivity contribution in [2.24, 2.45) is 0 Å². The van der Waals surface area contributed by atoms with E-state index in [1.54, 1.807) is 18.3 Å². The van der Waals surface area contributed by atoms with Crippen LogP contribution < -0.4 is 10.2 Å². The summed E-state index contributed by atoms with van der Waals surface area (Å²) in [5, 5.41) is 2.79. The molecule has 0 saturated carbocycles. The molecule has 0 radical (unpaired) electrons. The lowest BCUT2D eigenvalue weighted by Crippen LogP contribution is -2.22. The van der Waals surface area contributed by atoms with Crippen LogP contribution in [0.15, 0.2) is 41.1 Å². The molecule has 1 amide bonds. The van der Waals surface area contributed by atoms with Crippen LogP contribution in [0.25, 0.3) is 0 Å². The van der Waals surface area contributed by atoms with Gasteiger partial charge in [0.2, 0.25) is 0 Å². The summed E-state index contributed by atoms with van der Waals surface area (Å²) in [6, 6.07) is 7.12. The highest BCUT2D eigenvalue weighted by molar-refractivity contribution is 5.91. The lowest BCUT2D eigenvalue weighted by atomic mass is 10.2. The molecule has 5 nitrogen and oxygen atoms in total. The molecule has 0 aliphatic rings. The van der Waals surface area contributed by atoms with Crippen LogP contribution in [0, 0.1) is 0 Å². The minimum absolute atomic E-state index is 0.219. The molecule has 0 aliphatic heterocycles. The Morgan fingerprint density at radius 3 is 2.94 bits per heavy atom. The van der Waals surface area contributed by atoms with Crippen LogP contribution in [-0.2, 0) is 6.54 Å². The normalized spacial score (nSPS) is 10.1. The lowest BCUT2D eigenvalue weighted by Gasteiger charge is -2.12. The molecule has 2 rings (SSSR count). The molecule has 18 heavy (non-hydrogen) atoms. The number of hydrogen-bond donors (Lipinski definition) is 1. The molecule has 0 spiro atoms. The molecule has 0 unspecified atom stereocenters. The quantitative estimate of drug-likeness (QED) is 0.890. The molecule has 2 aromatic heterocycles. The highest BCUT2D eigenvalue weighted by atomic mass is 16.3. The summed E-state index contributed by atoms with van der Waals surface area (Å²) < 4.78 is 5.01. The summed E-state index contributed by atoms with van der Waals surface area (Å²) in [5.41, 5.74) is 0.994. The molecule has 94 valence electrons. The minimum Gasteiger partial charge on any atom is -0.459 e. The first kappa shape index (κ1) is 12.2. The third-order valence-electron chi connectivity index (χ3n) is 2.47. The maximum Gasteiger partial charge on any atom is 0.287 e. The van der Waals surface area contributed by atoms with Crippen molar-refractivity contribution in [1.82, 2.24) is 10.3 Å². The van der Waals surface area contributed by atoms with Crippen molar-refractivity contribution in [1.29, 1.82) is 0 Å². The first-order valence-corrected chi connectivity index (χ1v) is 5.61. The van der Waals surface area contributed by atoms with E-state index in [4.69, 9.17) is 4.42 Å². The predicted molar refractivity (Wildman–Crippen MR) is 68.4 cm³/mol. The molecule has 0 bridgehead atoms. The summed E-state index contributed by atoms with van der Waals surface area (Å²) >= 11 is 0. The number of carbonyl (C=O) groups is 1. The Kier molecular flexibility index (Phi) is 3.62. The highest BCUT2D eigenvalue weighted by Crippen LogP contribution is 2.09. The van der Waals surface area contributed by atoms with Crippen LogP contribution in [-0.4, -0.2) is 25.0 Å². The van der Waals surface area contributed by atoms with Crippen molar-refractivity contribution in [2.45, 2.75) is 6.54 Å². The van der Waals surface area contributed by atoms with E-state index in [0.717, 1.165) is 11.4 Å². The molecule has 0 saturated heterocycles. The van der Waals surface area contributed by atoms with Crippen LogP contribution >= 0.6 is 0 Å². The standard InChI is InChI=1S/C13H15N3O2/c1-16(2)12-8-10(5-6-14-12)9-15-13(17)11-4-3-7-18-11/h3-8H,9H2,1-2H3,(H,15,17). The Morgan fingerprint density at radius 1 is 1.44 bits per heavy atom. The van der Waals surface area contributed by atoms with Gasteiger partial charge in [-0.05, 0) is 29.8 Å². The van der Waals surface area contributed by atoms with Gasteiger partial charge in [0, 0.05) is 26.8 Å². The van der Waals surface area contributed by atoms with Crippen molar-refractivity contribution < 1.29 is 9.21 Å². The fourth-order valence-electron chi connectivity index (χ4n) is 1.49.